The van der Waals surface area contributed by atoms with Crippen molar-refractivity contribution in [2.45, 2.75) is 38.1 Å². The number of hydrogen-bond acceptors (Lipinski definition) is 6. The zero-order chi connectivity index (χ0) is 24.6. The van der Waals surface area contributed by atoms with Crippen molar-refractivity contribution in [1.29, 1.82) is 0 Å². The number of nitrogens with zero attached hydrogens (tertiary/aromatic N) is 4. The van der Waals surface area contributed by atoms with Gasteiger partial charge in [-0.1, -0.05) is 6.07 Å². The number of nitrogens with one attached hydrogen (secondary N) is 2. The maximum Gasteiger partial charge on any atom is 0.433 e. The first kappa shape index (κ1) is 22.8. The van der Waals surface area contributed by atoms with Crippen molar-refractivity contribution in [3.63, 3.8) is 0 Å². The maximum atomic E-state index is 13.3. The Labute approximate surface area is 197 Å². The molecule has 0 unspecified atom stereocenters. The van der Waals surface area contributed by atoms with Crippen molar-refractivity contribution in [3.05, 3.63) is 60.4 Å². The first-order valence-electron chi connectivity index (χ1n) is 11.0. The molecule has 0 bridgehead atoms. The fourth-order valence-corrected chi connectivity index (χ4v) is 3.89. The van der Waals surface area contributed by atoms with E-state index in [1.54, 1.807) is 29.3 Å². The Morgan fingerprint density at radius 3 is 2.83 bits per heavy atom. The summed E-state index contributed by atoms with van der Waals surface area (Å²) in [6.07, 6.45) is 1.69. The zero-order valence-corrected chi connectivity index (χ0v) is 18.5. The van der Waals surface area contributed by atoms with E-state index in [9.17, 15) is 18.0 Å². The molecule has 1 aliphatic carbocycles. The Kier molecular flexibility index (Phi) is 5.89. The van der Waals surface area contributed by atoms with Crippen molar-refractivity contribution in [2.75, 3.05) is 11.9 Å². The predicted molar refractivity (Wildman–Crippen MR) is 118 cm³/mol. The van der Waals surface area contributed by atoms with Crippen LogP contribution in [0.2, 0.25) is 0 Å². The smallest absolute Gasteiger partial charge is 0.433 e. The van der Waals surface area contributed by atoms with Crippen molar-refractivity contribution < 1.29 is 27.1 Å². The number of aromatic amines is 1. The van der Waals surface area contributed by atoms with Gasteiger partial charge in [0, 0.05) is 19.0 Å². The van der Waals surface area contributed by atoms with Crippen molar-refractivity contribution in [3.8, 4) is 22.7 Å². The summed E-state index contributed by atoms with van der Waals surface area (Å²) in [5, 5.41) is 13.7. The molecule has 4 heterocycles. The monoisotopic (exact) mass is 486 g/mol. The van der Waals surface area contributed by atoms with Gasteiger partial charge >= 0.3 is 6.18 Å². The van der Waals surface area contributed by atoms with E-state index in [-0.39, 0.29) is 35.0 Å². The molecule has 1 fully saturated rings. The minimum atomic E-state index is -4.61. The van der Waals surface area contributed by atoms with Gasteiger partial charge in [0.25, 0.3) is 5.91 Å². The minimum absolute atomic E-state index is 0.00180. The van der Waals surface area contributed by atoms with E-state index in [4.69, 9.17) is 9.15 Å². The van der Waals surface area contributed by atoms with Crippen LogP contribution in [0, 0.1) is 0 Å². The largest absolute Gasteiger partial charge is 0.451 e. The first-order chi connectivity index (χ1) is 16.8. The molecule has 1 saturated carbocycles. The number of aromatic nitrogens is 5. The molecular formula is C23H21F3N6O3. The second kappa shape index (κ2) is 9.02. The van der Waals surface area contributed by atoms with Crippen LogP contribution in [-0.2, 0) is 10.9 Å². The van der Waals surface area contributed by atoms with Gasteiger partial charge < -0.3 is 14.5 Å². The highest BCUT2D eigenvalue weighted by Crippen LogP contribution is 2.37. The quantitative estimate of drug-likeness (QED) is 0.383. The zero-order valence-electron chi connectivity index (χ0n) is 18.5. The summed E-state index contributed by atoms with van der Waals surface area (Å²) in [7, 11) is 0. The number of carbonyl (C=O) groups is 1. The molecule has 0 aliphatic heterocycles. The van der Waals surface area contributed by atoms with Crippen LogP contribution in [-0.4, -0.2) is 43.6 Å². The van der Waals surface area contributed by atoms with Crippen LogP contribution in [0.15, 0.2) is 53.3 Å². The predicted octanol–water partition coefficient (Wildman–Crippen LogP) is 4.94. The van der Waals surface area contributed by atoms with Crippen LogP contribution in [0.1, 0.15) is 42.1 Å². The van der Waals surface area contributed by atoms with Crippen molar-refractivity contribution >= 4 is 11.6 Å². The van der Waals surface area contributed by atoms with E-state index >= 15 is 0 Å². The molecule has 0 atom stereocenters. The molecule has 0 radical (unpaired) electrons. The third kappa shape index (κ3) is 4.69. The van der Waals surface area contributed by atoms with Gasteiger partial charge in [0.1, 0.15) is 17.1 Å². The molecular weight excluding hydrogens is 465 g/mol. The number of hydrogen-bond donors (Lipinski definition) is 2. The molecule has 4 aromatic rings. The summed E-state index contributed by atoms with van der Waals surface area (Å²) in [6.45, 7) is 2.51. The maximum absolute atomic E-state index is 13.3. The van der Waals surface area contributed by atoms with Crippen molar-refractivity contribution in [1.82, 2.24) is 25.0 Å². The van der Waals surface area contributed by atoms with Crippen LogP contribution in [0.5, 0.6) is 0 Å². The fourth-order valence-electron chi connectivity index (χ4n) is 3.89. The number of amides is 1. The lowest BCUT2D eigenvalue weighted by Gasteiger charge is -2.34. The van der Waals surface area contributed by atoms with Gasteiger partial charge in [-0.05, 0) is 44.0 Å². The van der Waals surface area contributed by atoms with Gasteiger partial charge in [0.15, 0.2) is 5.76 Å². The van der Waals surface area contributed by atoms with Gasteiger partial charge in [-0.2, -0.15) is 23.4 Å². The van der Waals surface area contributed by atoms with E-state index in [1.165, 1.54) is 18.2 Å². The summed E-state index contributed by atoms with van der Waals surface area (Å²) in [5.74, 6) is -0.110. The summed E-state index contributed by atoms with van der Waals surface area (Å²) in [6, 6.07) is 6.69. The average Bonchev–Trinajstić information content (AvgIpc) is 3.56. The van der Waals surface area contributed by atoms with Crippen LogP contribution >= 0.6 is 0 Å². The van der Waals surface area contributed by atoms with E-state index in [2.05, 4.69) is 25.6 Å². The molecule has 5 rings (SSSR count). The molecule has 2 N–H and O–H groups in total. The molecule has 0 saturated heterocycles. The second-order valence-electron chi connectivity index (χ2n) is 8.08. The number of pyridine rings is 1. The third-order valence-electron chi connectivity index (χ3n) is 5.72. The Morgan fingerprint density at radius 1 is 1.29 bits per heavy atom. The second-order valence-corrected chi connectivity index (χ2v) is 8.08. The number of halogens is 3. The Balaban J connectivity index is 1.44. The fraction of sp³-hybridized carbons (Fsp3) is 0.304. The van der Waals surface area contributed by atoms with Crippen LogP contribution < -0.4 is 5.32 Å². The number of H-pyrrole nitrogens is 1. The number of ether oxygens (including phenoxy) is 1. The van der Waals surface area contributed by atoms with Crippen LogP contribution in [0.4, 0.5) is 18.9 Å². The summed E-state index contributed by atoms with van der Waals surface area (Å²) in [4.78, 5) is 16.7. The molecule has 0 spiro atoms. The molecule has 0 aromatic carbocycles. The van der Waals surface area contributed by atoms with Gasteiger partial charge in [-0.25, -0.2) is 4.98 Å². The Morgan fingerprint density at radius 2 is 2.11 bits per heavy atom. The molecule has 1 amide bonds. The normalized spacial score (nSPS) is 17.8. The highest BCUT2D eigenvalue weighted by molar-refractivity contribution is 6.04. The topological polar surface area (TPSA) is 111 Å². The number of furan rings is 1. The molecule has 35 heavy (non-hydrogen) atoms. The lowest BCUT2D eigenvalue weighted by Crippen LogP contribution is -2.33. The molecule has 182 valence electrons. The lowest BCUT2D eigenvalue weighted by molar-refractivity contribution is -0.141. The summed E-state index contributed by atoms with van der Waals surface area (Å²) >= 11 is 0. The SMILES string of the molecule is CCO[C@H]1C[C@@H](n2cc(NC(=O)c3ccc(-c4cn[nH]c4)o3)c(-c3cccc(C(F)(F)F)n3)n2)C1. The summed E-state index contributed by atoms with van der Waals surface area (Å²) in [5.41, 5.74) is -0.0285. The van der Waals surface area contributed by atoms with Crippen LogP contribution in [0.25, 0.3) is 22.7 Å². The molecule has 9 nitrogen and oxygen atoms in total. The number of alkyl halides is 3. The first-order valence-corrected chi connectivity index (χ1v) is 11.0. The van der Waals surface area contributed by atoms with E-state index in [0.717, 1.165) is 6.07 Å². The van der Waals surface area contributed by atoms with E-state index in [1.807, 2.05) is 6.92 Å². The van der Waals surface area contributed by atoms with E-state index in [0.29, 0.717) is 30.8 Å². The highest BCUT2D eigenvalue weighted by atomic mass is 19.4. The van der Waals surface area contributed by atoms with Gasteiger partial charge in [-0.15, -0.1) is 0 Å². The Hall–Kier alpha value is -3.93. The number of carbonyl (C=O) groups excluding carboxylic acids is 1. The van der Waals surface area contributed by atoms with Gasteiger partial charge in [-0.3, -0.25) is 14.6 Å². The number of anilines is 1. The Bertz CT molecular complexity index is 1320. The standard InChI is InChI=1S/C23H21F3N6O3/c1-2-34-15-8-14(9-15)32-12-17(21(31-32)16-4-3-5-20(29-16)23(24,25)26)30-22(33)19-7-6-18(35-19)13-10-27-28-11-13/h3-7,10-12,14-15H,2,8-9H2,1H3,(H,27,28)(H,30,33)/t14-,15+. The average molecular weight is 486 g/mol. The molecule has 4 aromatic heterocycles. The van der Waals surface area contributed by atoms with E-state index < -0.39 is 17.8 Å². The van der Waals surface area contributed by atoms with Gasteiger partial charge in [0.05, 0.1) is 35.3 Å². The lowest BCUT2D eigenvalue weighted by atomic mass is 9.89. The minimum Gasteiger partial charge on any atom is -0.451 e. The molecule has 12 heteroatoms. The summed E-state index contributed by atoms with van der Waals surface area (Å²) < 4.78 is 52.6. The third-order valence-corrected chi connectivity index (χ3v) is 5.72. The van der Waals surface area contributed by atoms with Crippen LogP contribution in [0.3, 0.4) is 0 Å². The molecule has 1 aliphatic rings. The number of rotatable bonds is 7. The van der Waals surface area contributed by atoms with Crippen molar-refractivity contribution in [2.24, 2.45) is 0 Å². The van der Waals surface area contributed by atoms with Gasteiger partial charge in [0.2, 0.25) is 0 Å². The highest BCUT2D eigenvalue weighted by Gasteiger charge is 2.35.